The average Bonchev–Trinajstić information content (AvgIpc) is 3.04. The van der Waals surface area contributed by atoms with E-state index in [1.54, 1.807) is 6.20 Å². The summed E-state index contributed by atoms with van der Waals surface area (Å²) in [5.41, 5.74) is 1.28. The largest absolute Gasteiger partial charge is 0.361 e. The number of aromatic amines is 1. The third-order valence-electron chi connectivity index (χ3n) is 3.69. The zero-order chi connectivity index (χ0) is 18.7. The van der Waals surface area contributed by atoms with Crippen LogP contribution in [0, 0.1) is 21.4 Å². The first-order valence-corrected chi connectivity index (χ1v) is 7.80. The molecule has 0 aliphatic heterocycles. The smallest absolute Gasteiger partial charge is 0.289 e. The summed E-state index contributed by atoms with van der Waals surface area (Å²) in [4.78, 5) is 25.7. The first-order valence-electron chi connectivity index (χ1n) is 7.43. The van der Waals surface area contributed by atoms with Gasteiger partial charge >= 0.3 is 0 Å². The second kappa shape index (κ2) is 7.09. The van der Waals surface area contributed by atoms with Gasteiger partial charge in [0, 0.05) is 34.4 Å². The van der Waals surface area contributed by atoms with E-state index < -0.39 is 10.8 Å². The van der Waals surface area contributed by atoms with Gasteiger partial charge in [0.1, 0.15) is 16.7 Å². The number of nitro groups is 1. The molecule has 1 heterocycles. The second-order valence-electron chi connectivity index (χ2n) is 5.34. The number of H-pyrrole nitrogens is 1. The predicted octanol–water partition coefficient (Wildman–Crippen LogP) is 4.28. The molecule has 0 spiro atoms. The van der Waals surface area contributed by atoms with Crippen LogP contribution in [-0.4, -0.2) is 15.8 Å². The number of benzene rings is 2. The van der Waals surface area contributed by atoms with Gasteiger partial charge in [-0.25, -0.2) is 0 Å². The summed E-state index contributed by atoms with van der Waals surface area (Å²) in [6.45, 7) is 0. The lowest BCUT2D eigenvalue weighted by atomic mass is 10.1. The standard InChI is InChI=1S/C18H11ClN4O3/c19-15-6-5-13(8-17(15)23(25)26)22-18(24)11(9-20)7-12-10-21-16-4-2-1-3-14(12)16/h1-8,10,21H,(H,22,24)/b11-7+. The van der Waals surface area contributed by atoms with Gasteiger partial charge in [0.2, 0.25) is 0 Å². The van der Waals surface area contributed by atoms with E-state index in [9.17, 15) is 20.2 Å². The third-order valence-corrected chi connectivity index (χ3v) is 4.01. The number of anilines is 1. The fraction of sp³-hybridized carbons (Fsp3) is 0. The van der Waals surface area contributed by atoms with Crippen LogP contribution < -0.4 is 5.32 Å². The van der Waals surface area contributed by atoms with Gasteiger partial charge in [-0.15, -0.1) is 0 Å². The van der Waals surface area contributed by atoms with E-state index in [-0.39, 0.29) is 22.0 Å². The zero-order valence-corrected chi connectivity index (χ0v) is 13.9. The van der Waals surface area contributed by atoms with Crippen LogP contribution in [0.3, 0.4) is 0 Å². The Morgan fingerprint density at radius 2 is 2.08 bits per heavy atom. The number of nitrogens with zero attached hydrogens (tertiary/aromatic N) is 2. The molecule has 3 rings (SSSR count). The number of rotatable bonds is 4. The van der Waals surface area contributed by atoms with Crippen LogP contribution in [0.1, 0.15) is 5.56 Å². The number of nitrogens with one attached hydrogen (secondary N) is 2. The Hall–Kier alpha value is -3.63. The van der Waals surface area contributed by atoms with Crippen LogP contribution in [-0.2, 0) is 4.79 Å². The lowest BCUT2D eigenvalue weighted by molar-refractivity contribution is -0.384. The maximum atomic E-state index is 12.4. The minimum Gasteiger partial charge on any atom is -0.361 e. The Bertz CT molecular complexity index is 1100. The molecule has 1 amide bonds. The molecule has 8 heteroatoms. The Balaban J connectivity index is 1.89. The highest BCUT2D eigenvalue weighted by Crippen LogP contribution is 2.27. The van der Waals surface area contributed by atoms with Crippen molar-refractivity contribution in [1.82, 2.24) is 4.98 Å². The number of para-hydroxylation sites is 1. The average molecular weight is 367 g/mol. The van der Waals surface area contributed by atoms with Gasteiger partial charge in [0.25, 0.3) is 11.6 Å². The number of amides is 1. The number of aromatic nitrogens is 1. The fourth-order valence-corrected chi connectivity index (χ4v) is 2.63. The van der Waals surface area contributed by atoms with Gasteiger partial charge in [-0.3, -0.25) is 14.9 Å². The van der Waals surface area contributed by atoms with Crippen LogP contribution in [0.5, 0.6) is 0 Å². The molecule has 2 aromatic carbocycles. The third kappa shape index (κ3) is 3.41. The SMILES string of the molecule is N#C/C(=C\c1c[nH]c2ccccc12)C(=O)Nc1ccc(Cl)c([N+](=O)[O-])c1. The summed E-state index contributed by atoms with van der Waals surface area (Å²) in [6, 6.07) is 13.2. The lowest BCUT2D eigenvalue weighted by Gasteiger charge is -2.05. The highest BCUT2D eigenvalue weighted by molar-refractivity contribution is 6.32. The molecule has 0 saturated carbocycles. The highest BCUT2D eigenvalue weighted by atomic mass is 35.5. The van der Waals surface area contributed by atoms with E-state index in [0.717, 1.165) is 17.0 Å². The molecule has 2 N–H and O–H groups in total. The summed E-state index contributed by atoms with van der Waals surface area (Å²) >= 11 is 5.75. The van der Waals surface area contributed by atoms with E-state index in [4.69, 9.17) is 11.6 Å². The molecule has 128 valence electrons. The molecule has 7 nitrogen and oxygen atoms in total. The molecule has 0 saturated heterocycles. The zero-order valence-electron chi connectivity index (χ0n) is 13.2. The molecule has 0 aliphatic rings. The molecule has 0 atom stereocenters. The number of nitro benzene ring substituents is 1. The summed E-state index contributed by atoms with van der Waals surface area (Å²) < 4.78 is 0. The second-order valence-corrected chi connectivity index (χ2v) is 5.74. The Kier molecular flexibility index (Phi) is 4.69. The first kappa shape index (κ1) is 17.2. The molecule has 0 aliphatic carbocycles. The van der Waals surface area contributed by atoms with Crippen LogP contribution in [0.25, 0.3) is 17.0 Å². The number of nitriles is 1. The molecule has 0 unspecified atom stereocenters. The topological polar surface area (TPSA) is 112 Å². The van der Waals surface area contributed by atoms with E-state index in [2.05, 4.69) is 10.3 Å². The van der Waals surface area contributed by atoms with Crippen molar-refractivity contribution in [3.63, 3.8) is 0 Å². The molecule has 0 bridgehead atoms. The minimum absolute atomic E-state index is 0.0390. The number of carbonyl (C=O) groups excluding carboxylic acids is 1. The van der Waals surface area contributed by atoms with Crippen molar-refractivity contribution in [2.75, 3.05) is 5.32 Å². The normalized spacial score (nSPS) is 11.2. The van der Waals surface area contributed by atoms with Gasteiger partial charge < -0.3 is 10.3 Å². The Labute approximate surface area is 152 Å². The highest BCUT2D eigenvalue weighted by Gasteiger charge is 2.16. The molecule has 0 radical (unpaired) electrons. The van der Waals surface area contributed by atoms with Crippen molar-refractivity contribution in [3.05, 3.63) is 74.9 Å². The van der Waals surface area contributed by atoms with Gasteiger partial charge in [0.05, 0.1) is 4.92 Å². The van der Waals surface area contributed by atoms with Crippen molar-refractivity contribution in [2.24, 2.45) is 0 Å². The maximum absolute atomic E-state index is 12.4. The Morgan fingerprint density at radius 1 is 1.31 bits per heavy atom. The maximum Gasteiger partial charge on any atom is 0.289 e. The van der Waals surface area contributed by atoms with E-state index in [0.29, 0.717) is 5.56 Å². The summed E-state index contributed by atoms with van der Waals surface area (Å²) in [7, 11) is 0. The van der Waals surface area contributed by atoms with Crippen molar-refractivity contribution in [1.29, 1.82) is 5.26 Å². The summed E-state index contributed by atoms with van der Waals surface area (Å²) in [5, 5.41) is 23.5. The number of hydrogen-bond donors (Lipinski definition) is 2. The van der Waals surface area contributed by atoms with Gasteiger partial charge in [0.15, 0.2) is 0 Å². The number of fused-ring (bicyclic) bond motifs is 1. The van der Waals surface area contributed by atoms with Gasteiger partial charge in [-0.2, -0.15) is 5.26 Å². The van der Waals surface area contributed by atoms with Crippen molar-refractivity contribution >= 4 is 45.9 Å². The van der Waals surface area contributed by atoms with Crippen LogP contribution in [0.4, 0.5) is 11.4 Å². The number of halogens is 1. The molecule has 1 aromatic heterocycles. The monoisotopic (exact) mass is 366 g/mol. The molecular formula is C18H11ClN4O3. The molecular weight excluding hydrogens is 356 g/mol. The molecule has 26 heavy (non-hydrogen) atoms. The Morgan fingerprint density at radius 3 is 2.81 bits per heavy atom. The van der Waals surface area contributed by atoms with Crippen LogP contribution in [0.2, 0.25) is 5.02 Å². The van der Waals surface area contributed by atoms with E-state index >= 15 is 0 Å². The fourth-order valence-electron chi connectivity index (χ4n) is 2.45. The first-order chi connectivity index (χ1) is 12.5. The van der Waals surface area contributed by atoms with E-state index in [1.807, 2.05) is 30.3 Å². The van der Waals surface area contributed by atoms with E-state index in [1.165, 1.54) is 18.2 Å². The lowest BCUT2D eigenvalue weighted by Crippen LogP contribution is -2.13. The van der Waals surface area contributed by atoms with Crippen LogP contribution >= 0.6 is 11.6 Å². The van der Waals surface area contributed by atoms with Crippen molar-refractivity contribution in [3.8, 4) is 6.07 Å². The van der Waals surface area contributed by atoms with Crippen LogP contribution in [0.15, 0.2) is 54.2 Å². The van der Waals surface area contributed by atoms with Gasteiger partial charge in [-0.05, 0) is 24.3 Å². The van der Waals surface area contributed by atoms with Gasteiger partial charge in [-0.1, -0.05) is 29.8 Å². The summed E-state index contributed by atoms with van der Waals surface area (Å²) in [6.07, 6.45) is 3.15. The number of hydrogen-bond acceptors (Lipinski definition) is 4. The molecule has 3 aromatic rings. The summed E-state index contributed by atoms with van der Waals surface area (Å²) in [5.74, 6) is -0.672. The minimum atomic E-state index is -0.672. The number of carbonyl (C=O) groups is 1. The van der Waals surface area contributed by atoms with Crippen molar-refractivity contribution in [2.45, 2.75) is 0 Å². The molecule has 0 fully saturated rings. The predicted molar refractivity (Wildman–Crippen MR) is 98.6 cm³/mol. The van der Waals surface area contributed by atoms with Crippen molar-refractivity contribution < 1.29 is 9.72 Å². The quantitative estimate of drug-likeness (QED) is 0.310.